The van der Waals surface area contributed by atoms with Gasteiger partial charge in [-0.2, -0.15) is 0 Å². The number of fused-ring (bicyclic) bond motifs is 1. The number of para-hydroxylation sites is 1. The third kappa shape index (κ3) is 4.04. The molecule has 1 aliphatic rings. The smallest absolute Gasteiger partial charge is 0.220 e. The molecule has 0 bridgehead atoms. The van der Waals surface area contributed by atoms with E-state index in [0.29, 0.717) is 19.4 Å². The first-order valence-corrected chi connectivity index (χ1v) is 9.87. The van der Waals surface area contributed by atoms with Gasteiger partial charge in [-0.25, -0.2) is 0 Å². The minimum atomic E-state index is 0.0708. The van der Waals surface area contributed by atoms with E-state index in [9.17, 15) is 4.79 Å². The fourth-order valence-electron chi connectivity index (χ4n) is 3.82. The largest absolute Gasteiger partial charge is 0.497 e. The van der Waals surface area contributed by atoms with Gasteiger partial charge in [0.2, 0.25) is 5.91 Å². The third-order valence-electron chi connectivity index (χ3n) is 5.35. The predicted molar refractivity (Wildman–Crippen MR) is 111 cm³/mol. The van der Waals surface area contributed by atoms with E-state index in [1.807, 2.05) is 36.4 Å². The second-order valence-electron chi connectivity index (χ2n) is 7.19. The standard InChI is InChI=1S/C23H26N2O3/c1-27-17-10-8-16(9-11-17)23-20(19-6-2-3-7-21(19)25-23)12-13-22(26)24-15-18-5-4-14-28-18/h2-3,6-11,18,25H,4-5,12-15H2,1H3,(H,24,26)/t18-/m0/s1. The molecule has 1 fully saturated rings. The van der Waals surface area contributed by atoms with Crippen molar-refractivity contribution in [1.29, 1.82) is 0 Å². The number of ether oxygens (including phenoxy) is 2. The van der Waals surface area contributed by atoms with Crippen LogP contribution in [-0.2, 0) is 16.0 Å². The Bertz CT molecular complexity index is 940. The first-order chi connectivity index (χ1) is 13.7. The highest BCUT2D eigenvalue weighted by molar-refractivity contribution is 5.91. The van der Waals surface area contributed by atoms with E-state index in [1.54, 1.807) is 7.11 Å². The molecule has 1 atom stereocenters. The van der Waals surface area contributed by atoms with Crippen LogP contribution in [0.3, 0.4) is 0 Å². The van der Waals surface area contributed by atoms with Crippen molar-refractivity contribution in [2.75, 3.05) is 20.3 Å². The number of carbonyl (C=O) groups excluding carboxylic acids is 1. The van der Waals surface area contributed by atoms with E-state index in [1.165, 1.54) is 10.9 Å². The zero-order valence-corrected chi connectivity index (χ0v) is 16.2. The SMILES string of the molecule is COc1ccc(-c2[nH]c3ccccc3c2CCC(=O)NC[C@@H]2CCCO2)cc1. The number of benzene rings is 2. The first-order valence-electron chi connectivity index (χ1n) is 9.87. The summed E-state index contributed by atoms with van der Waals surface area (Å²) in [6.45, 7) is 1.42. The zero-order valence-electron chi connectivity index (χ0n) is 16.2. The Morgan fingerprint density at radius 3 is 2.79 bits per heavy atom. The van der Waals surface area contributed by atoms with E-state index in [2.05, 4.69) is 22.4 Å². The Morgan fingerprint density at radius 1 is 1.21 bits per heavy atom. The van der Waals surface area contributed by atoms with E-state index >= 15 is 0 Å². The number of hydrogen-bond acceptors (Lipinski definition) is 3. The molecule has 5 nitrogen and oxygen atoms in total. The Kier molecular flexibility index (Phi) is 5.63. The number of carbonyl (C=O) groups is 1. The predicted octanol–water partition coefficient (Wildman–Crippen LogP) is 4.07. The third-order valence-corrected chi connectivity index (χ3v) is 5.35. The van der Waals surface area contributed by atoms with Gasteiger partial charge in [0, 0.05) is 36.2 Å². The van der Waals surface area contributed by atoms with Crippen molar-refractivity contribution in [1.82, 2.24) is 10.3 Å². The number of aryl methyl sites for hydroxylation is 1. The Hall–Kier alpha value is -2.79. The Morgan fingerprint density at radius 2 is 2.04 bits per heavy atom. The summed E-state index contributed by atoms with van der Waals surface area (Å²) in [7, 11) is 1.67. The van der Waals surface area contributed by atoms with Crippen LogP contribution in [0.5, 0.6) is 5.75 Å². The lowest BCUT2D eigenvalue weighted by atomic mass is 10.0. The van der Waals surface area contributed by atoms with Crippen LogP contribution >= 0.6 is 0 Å². The van der Waals surface area contributed by atoms with Crippen molar-refractivity contribution in [3.05, 3.63) is 54.1 Å². The number of amides is 1. The number of methoxy groups -OCH3 is 1. The number of hydrogen-bond donors (Lipinski definition) is 2. The maximum atomic E-state index is 12.4. The number of H-pyrrole nitrogens is 1. The van der Waals surface area contributed by atoms with Crippen LogP contribution in [0.2, 0.25) is 0 Å². The highest BCUT2D eigenvalue weighted by Gasteiger charge is 2.17. The van der Waals surface area contributed by atoms with Gasteiger partial charge in [-0.1, -0.05) is 18.2 Å². The minimum absolute atomic E-state index is 0.0708. The number of aromatic nitrogens is 1. The average molecular weight is 378 g/mol. The summed E-state index contributed by atoms with van der Waals surface area (Å²) in [5.74, 6) is 0.899. The highest BCUT2D eigenvalue weighted by atomic mass is 16.5. The van der Waals surface area contributed by atoms with Gasteiger partial charge in [0.25, 0.3) is 0 Å². The van der Waals surface area contributed by atoms with Crippen molar-refractivity contribution in [3.8, 4) is 17.0 Å². The maximum absolute atomic E-state index is 12.4. The quantitative estimate of drug-likeness (QED) is 0.651. The van der Waals surface area contributed by atoms with Gasteiger partial charge in [-0.05, 0) is 60.7 Å². The van der Waals surface area contributed by atoms with Crippen LogP contribution in [0.15, 0.2) is 48.5 Å². The summed E-state index contributed by atoms with van der Waals surface area (Å²) < 4.78 is 10.8. The lowest BCUT2D eigenvalue weighted by Crippen LogP contribution is -2.31. The van der Waals surface area contributed by atoms with Crippen LogP contribution in [0.25, 0.3) is 22.2 Å². The van der Waals surface area contributed by atoms with Crippen molar-refractivity contribution < 1.29 is 14.3 Å². The van der Waals surface area contributed by atoms with Crippen LogP contribution in [0.4, 0.5) is 0 Å². The van der Waals surface area contributed by atoms with Crippen molar-refractivity contribution in [2.24, 2.45) is 0 Å². The summed E-state index contributed by atoms with van der Waals surface area (Å²) in [5.41, 5.74) is 4.42. The molecule has 0 unspecified atom stereocenters. The van der Waals surface area contributed by atoms with Crippen LogP contribution in [0.1, 0.15) is 24.8 Å². The summed E-state index contributed by atoms with van der Waals surface area (Å²) >= 11 is 0. The van der Waals surface area contributed by atoms with Gasteiger partial charge >= 0.3 is 0 Å². The molecule has 2 N–H and O–H groups in total. The first kappa shape index (κ1) is 18.6. The summed E-state index contributed by atoms with van der Waals surface area (Å²) in [6, 6.07) is 16.2. The van der Waals surface area contributed by atoms with Gasteiger partial charge in [0.05, 0.1) is 13.2 Å². The second kappa shape index (κ2) is 8.48. The molecule has 0 radical (unpaired) electrons. The molecule has 0 aliphatic carbocycles. The zero-order chi connectivity index (χ0) is 19.3. The molecule has 0 spiro atoms. The number of aromatic amines is 1. The molecular formula is C23H26N2O3. The number of nitrogens with one attached hydrogen (secondary N) is 2. The molecular weight excluding hydrogens is 352 g/mol. The number of rotatable bonds is 7. The van der Waals surface area contributed by atoms with Gasteiger partial charge in [-0.3, -0.25) is 4.79 Å². The fraction of sp³-hybridized carbons (Fsp3) is 0.348. The molecule has 2 heterocycles. The Labute approximate surface area is 165 Å². The fourth-order valence-corrected chi connectivity index (χ4v) is 3.82. The Balaban J connectivity index is 1.52. The van der Waals surface area contributed by atoms with E-state index in [0.717, 1.165) is 42.0 Å². The lowest BCUT2D eigenvalue weighted by molar-refractivity contribution is -0.121. The summed E-state index contributed by atoms with van der Waals surface area (Å²) in [6.07, 6.45) is 3.43. The topological polar surface area (TPSA) is 63.4 Å². The van der Waals surface area contributed by atoms with Crippen LogP contribution in [-0.4, -0.2) is 37.3 Å². The molecule has 4 rings (SSSR count). The lowest BCUT2D eigenvalue weighted by Gasteiger charge is -2.11. The monoisotopic (exact) mass is 378 g/mol. The maximum Gasteiger partial charge on any atom is 0.220 e. The normalized spacial score (nSPS) is 16.4. The van der Waals surface area contributed by atoms with Crippen molar-refractivity contribution in [3.63, 3.8) is 0 Å². The summed E-state index contributed by atoms with van der Waals surface area (Å²) in [4.78, 5) is 15.9. The van der Waals surface area contributed by atoms with Gasteiger partial charge in [-0.15, -0.1) is 0 Å². The van der Waals surface area contributed by atoms with Gasteiger partial charge in [0.15, 0.2) is 0 Å². The molecule has 5 heteroatoms. The molecule has 3 aromatic rings. The minimum Gasteiger partial charge on any atom is -0.497 e. The summed E-state index contributed by atoms with van der Waals surface area (Å²) in [5, 5.41) is 4.19. The highest BCUT2D eigenvalue weighted by Crippen LogP contribution is 2.32. The molecule has 1 aromatic heterocycles. The average Bonchev–Trinajstić information content (AvgIpc) is 3.38. The van der Waals surface area contributed by atoms with E-state index < -0.39 is 0 Å². The van der Waals surface area contributed by atoms with Crippen LogP contribution < -0.4 is 10.1 Å². The molecule has 28 heavy (non-hydrogen) atoms. The van der Waals surface area contributed by atoms with Gasteiger partial charge in [0.1, 0.15) is 5.75 Å². The molecule has 1 amide bonds. The van der Waals surface area contributed by atoms with Gasteiger partial charge < -0.3 is 19.8 Å². The molecule has 1 saturated heterocycles. The van der Waals surface area contributed by atoms with E-state index in [-0.39, 0.29) is 12.0 Å². The molecule has 1 aliphatic heterocycles. The molecule has 0 saturated carbocycles. The van der Waals surface area contributed by atoms with Crippen LogP contribution in [0, 0.1) is 0 Å². The van der Waals surface area contributed by atoms with Crippen molar-refractivity contribution >= 4 is 16.8 Å². The van der Waals surface area contributed by atoms with Crippen molar-refractivity contribution in [2.45, 2.75) is 31.8 Å². The second-order valence-corrected chi connectivity index (χ2v) is 7.19. The molecule has 146 valence electrons. The van der Waals surface area contributed by atoms with E-state index in [4.69, 9.17) is 9.47 Å². The molecule has 2 aromatic carbocycles.